The maximum Gasteiger partial charge on any atom is 0.224 e. The van der Waals surface area contributed by atoms with Crippen LogP contribution in [0.1, 0.15) is 25.7 Å². The lowest BCUT2D eigenvalue weighted by molar-refractivity contribution is -0.135. The van der Waals surface area contributed by atoms with Gasteiger partial charge in [-0.25, -0.2) is 0 Å². The lowest BCUT2D eigenvalue weighted by Gasteiger charge is -2.18. The van der Waals surface area contributed by atoms with E-state index < -0.39 is 5.41 Å². The van der Waals surface area contributed by atoms with Crippen molar-refractivity contribution in [2.24, 2.45) is 17.1 Å². The molecule has 2 rings (SSSR count). The summed E-state index contributed by atoms with van der Waals surface area (Å²) in [6.45, 7) is 1.13. The molecule has 86 valence electrons. The highest BCUT2D eigenvalue weighted by Crippen LogP contribution is 2.48. The third-order valence-electron chi connectivity index (χ3n) is 3.59. The highest BCUT2D eigenvalue weighted by molar-refractivity contribution is 5.90. The molecule has 2 N–H and O–H groups in total. The van der Waals surface area contributed by atoms with Gasteiger partial charge in [0.15, 0.2) is 0 Å². The zero-order valence-corrected chi connectivity index (χ0v) is 9.11. The molecule has 0 spiro atoms. The second kappa shape index (κ2) is 3.78. The number of carbonyl (C=O) groups excluding carboxylic acids is 2. The molecule has 2 fully saturated rings. The van der Waals surface area contributed by atoms with Crippen molar-refractivity contribution in [1.29, 1.82) is 5.26 Å². The summed E-state index contributed by atoms with van der Waals surface area (Å²) in [5.74, 6) is -0.446. The van der Waals surface area contributed by atoms with E-state index in [1.54, 1.807) is 4.90 Å². The Balaban J connectivity index is 1.90. The van der Waals surface area contributed by atoms with Gasteiger partial charge in [-0.05, 0) is 19.3 Å². The summed E-state index contributed by atoms with van der Waals surface area (Å²) in [7, 11) is 0. The SMILES string of the molecule is N#C[C@H]1CCN(C(=O)CC2(C(N)=O)CC2)C1. The summed E-state index contributed by atoms with van der Waals surface area (Å²) in [6.07, 6.45) is 2.42. The van der Waals surface area contributed by atoms with E-state index in [1.807, 2.05) is 0 Å². The first kappa shape index (κ1) is 10.9. The molecule has 1 aliphatic heterocycles. The molecular formula is C11H15N3O2. The Hall–Kier alpha value is -1.57. The molecule has 1 atom stereocenters. The van der Waals surface area contributed by atoms with E-state index >= 15 is 0 Å². The van der Waals surface area contributed by atoms with Crippen LogP contribution in [0.4, 0.5) is 0 Å². The Morgan fingerprint density at radius 2 is 2.19 bits per heavy atom. The zero-order chi connectivity index (χ0) is 11.8. The predicted octanol–water partition coefficient (Wildman–Crippen LogP) is 0.0141. The number of hydrogen-bond donors (Lipinski definition) is 1. The first-order valence-corrected chi connectivity index (χ1v) is 5.55. The van der Waals surface area contributed by atoms with E-state index in [0.29, 0.717) is 13.1 Å². The minimum absolute atomic E-state index is 0.0333. The van der Waals surface area contributed by atoms with Crippen LogP contribution in [0.25, 0.3) is 0 Å². The summed E-state index contributed by atoms with van der Waals surface area (Å²) >= 11 is 0. The van der Waals surface area contributed by atoms with Crippen LogP contribution in [0.15, 0.2) is 0 Å². The lowest BCUT2D eigenvalue weighted by Crippen LogP contribution is -2.34. The van der Waals surface area contributed by atoms with Gasteiger partial charge in [0.05, 0.1) is 17.4 Å². The van der Waals surface area contributed by atoms with Gasteiger partial charge in [-0.2, -0.15) is 5.26 Å². The first-order valence-electron chi connectivity index (χ1n) is 5.55. The maximum atomic E-state index is 11.9. The second-order valence-electron chi connectivity index (χ2n) is 4.78. The molecule has 2 aliphatic rings. The van der Waals surface area contributed by atoms with E-state index in [-0.39, 0.29) is 24.2 Å². The number of rotatable bonds is 3. The minimum atomic E-state index is -0.568. The van der Waals surface area contributed by atoms with E-state index in [9.17, 15) is 9.59 Å². The van der Waals surface area contributed by atoms with Crippen LogP contribution in [-0.4, -0.2) is 29.8 Å². The molecule has 0 radical (unpaired) electrons. The summed E-state index contributed by atoms with van der Waals surface area (Å²) in [5, 5.41) is 8.74. The molecule has 2 amide bonds. The van der Waals surface area contributed by atoms with Gasteiger partial charge in [0, 0.05) is 19.5 Å². The second-order valence-corrected chi connectivity index (χ2v) is 4.78. The number of primary amides is 1. The van der Waals surface area contributed by atoms with Crippen LogP contribution in [0.2, 0.25) is 0 Å². The number of amides is 2. The molecule has 1 saturated carbocycles. The normalized spacial score (nSPS) is 26.2. The van der Waals surface area contributed by atoms with Crippen molar-refractivity contribution >= 4 is 11.8 Å². The van der Waals surface area contributed by atoms with E-state index in [1.165, 1.54) is 0 Å². The van der Waals surface area contributed by atoms with Crippen molar-refractivity contribution in [3.8, 4) is 6.07 Å². The van der Waals surface area contributed by atoms with Crippen molar-refractivity contribution in [3.63, 3.8) is 0 Å². The van der Waals surface area contributed by atoms with E-state index in [0.717, 1.165) is 19.3 Å². The molecule has 1 saturated heterocycles. The highest BCUT2D eigenvalue weighted by Gasteiger charge is 2.50. The van der Waals surface area contributed by atoms with Crippen molar-refractivity contribution in [3.05, 3.63) is 0 Å². The monoisotopic (exact) mass is 221 g/mol. The molecule has 0 bridgehead atoms. The fraction of sp³-hybridized carbons (Fsp3) is 0.727. The van der Waals surface area contributed by atoms with Gasteiger partial charge in [0.25, 0.3) is 0 Å². The summed E-state index contributed by atoms with van der Waals surface area (Å²) in [5.41, 5.74) is 4.70. The average Bonchev–Trinajstić information content (AvgIpc) is 2.88. The quantitative estimate of drug-likeness (QED) is 0.728. The third kappa shape index (κ3) is 1.87. The molecule has 1 aliphatic carbocycles. The van der Waals surface area contributed by atoms with E-state index in [2.05, 4.69) is 6.07 Å². The number of nitriles is 1. The third-order valence-corrected chi connectivity index (χ3v) is 3.59. The van der Waals surface area contributed by atoms with E-state index in [4.69, 9.17) is 11.0 Å². The van der Waals surface area contributed by atoms with Crippen LogP contribution in [-0.2, 0) is 9.59 Å². The number of nitrogens with zero attached hydrogens (tertiary/aromatic N) is 2. The van der Waals surface area contributed by atoms with Gasteiger partial charge in [0.2, 0.25) is 11.8 Å². The molecule has 5 heteroatoms. The fourth-order valence-corrected chi connectivity index (χ4v) is 2.15. The average molecular weight is 221 g/mol. The Labute approximate surface area is 94.2 Å². The Kier molecular flexibility index (Phi) is 2.58. The van der Waals surface area contributed by atoms with Crippen molar-refractivity contribution < 1.29 is 9.59 Å². The van der Waals surface area contributed by atoms with Crippen molar-refractivity contribution in [2.45, 2.75) is 25.7 Å². The predicted molar refractivity (Wildman–Crippen MR) is 55.8 cm³/mol. The molecule has 0 unspecified atom stereocenters. The Bertz CT molecular complexity index is 368. The number of nitrogens with two attached hydrogens (primary N) is 1. The number of likely N-dealkylation sites (tertiary alicyclic amines) is 1. The molecule has 1 heterocycles. The van der Waals surface area contributed by atoms with Crippen molar-refractivity contribution in [2.75, 3.05) is 13.1 Å². The molecule has 0 aromatic heterocycles. The summed E-state index contributed by atoms with van der Waals surface area (Å²) < 4.78 is 0. The van der Waals surface area contributed by atoms with Gasteiger partial charge in [0.1, 0.15) is 0 Å². The van der Waals surface area contributed by atoms with Gasteiger partial charge >= 0.3 is 0 Å². The lowest BCUT2D eigenvalue weighted by atomic mass is 10.0. The molecular weight excluding hydrogens is 206 g/mol. The molecule has 0 aromatic carbocycles. The molecule has 5 nitrogen and oxygen atoms in total. The van der Waals surface area contributed by atoms with Gasteiger partial charge in [-0.3, -0.25) is 9.59 Å². The summed E-state index contributed by atoms with van der Waals surface area (Å²) in [4.78, 5) is 24.7. The Morgan fingerprint density at radius 3 is 2.62 bits per heavy atom. The standard InChI is InChI=1S/C11H15N3O2/c12-6-8-1-4-14(7-8)9(15)5-11(2-3-11)10(13)16/h8H,1-5,7H2,(H2,13,16)/t8-/m1/s1. The molecule has 16 heavy (non-hydrogen) atoms. The topological polar surface area (TPSA) is 87.2 Å². The smallest absolute Gasteiger partial charge is 0.224 e. The molecule has 0 aromatic rings. The van der Waals surface area contributed by atoms with Crippen LogP contribution in [0.5, 0.6) is 0 Å². The van der Waals surface area contributed by atoms with Crippen LogP contribution >= 0.6 is 0 Å². The maximum absolute atomic E-state index is 11.9. The van der Waals surface area contributed by atoms with Crippen LogP contribution < -0.4 is 5.73 Å². The number of carbonyl (C=O) groups is 2. The van der Waals surface area contributed by atoms with Gasteiger partial charge in [-0.15, -0.1) is 0 Å². The highest BCUT2D eigenvalue weighted by atomic mass is 16.2. The zero-order valence-electron chi connectivity index (χ0n) is 9.11. The number of hydrogen-bond acceptors (Lipinski definition) is 3. The van der Waals surface area contributed by atoms with Crippen LogP contribution in [0, 0.1) is 22.7 Å². The largest absolute Gasteiger partial charge is 0.369 e. The fourth-order valence-electron chi connectivity index (χ4n) is 2.15. The first-order chi connectivity index (χ1) is 7.57. The minimum Gasteiger partial charge on any atom is -0.369 e. The summed E-state index contributed by atoms with van der Waals surface area (Å²) in [6, 6.07) is 2.16. The Morgan fingerprint density at radius 1 is 1.50 bits per heavy atom. The van der Waals surface area contributed by atoms with Gasteiger partial charge < -0.3 is 10.6 Å². The van der Waals surface area contributed by atoms with Gasteiger partial charge in [-0.1, -0.05) is 0 Å². The van der Waals surface area contributed by atoms with Crippen molar-refractivity contribution in [1.82, 2.24) is 4.90 Å². The van der Waals surface area contributed by atoms with Crippen LogP contribution in [0.3, 0.4) is 0 Å².